The van der Waals surface area contributed by atoms with E-state index in [4.69, 9.17) is 10.9 Å². The van der Waals surface area contributed by atoms with Crippen LogP contribution in [0.5, 0.6) is 0 Å². The maximum absolute atomic E-state index is 12.8. The van der Waals surface area contributed by atoms with E-state index in [2.05, 4.69) is 5.16 Å². The minimum atomic E-state index is -0.940. The lowest BCUT2D eigenvalue weighted by Crippen LogP contribution is -2.51. The number of carbonyl (C=O) groups is 1. The van der Waals surface area contributed by atoms with Crippen molar-refractivity contribution in [2.24, 2.45) is 16.3 Å². The Morgan fingerprint density at radius 3 is 2.45 bits per heavy atom. The van der Waals surface area contributed by atoms with Gasteiger partial charge in [0.2, 0.25) is 5.91 Å². The van der Waals surface area contributed by atoms with Crippen LogP contribution in [-0.4, -0.2) is 45.6 Å². The maximum Gasteiger partial charge on any atom is 0.236 e. The van der Waals surface area contributed by atoms with Gasteiger partial charge in [0.1, 0.15) is 5.41 Å². The number of hydrogen-bond donors (Lipinski definition) is 3. The lowest BCUT2D eigenvalue weighted by atomic mass is 9.79. The number of carbonyl (C=O) groups excluding carboxylic acids is 1. The van der Waals surface area contributed by atoms with Gasteiger partial charge in [0.15, 0.2) is 5.84 Å². The quantitative estimate of drug-likeness (QED) is 0.314. The van der Waals surface area contributed by atoms with E-state index >= 15 is 0 Å². The Bertz CT molecular complexity index is 376. The van der Waals surface area contributed by atoms with E-state index in [1.807, 2.05) is 13.8 Å². The minimum absolute atomic E-state index is 0.0245. The van der Waals surface area contributed by atoms with E-state index in [0.717, 1.165) is 6.42 Å². The number of nitrogens with zero attached hydrogens (tertiary/aromatic N) is 2. The van der Waals surface area contributed by atoms with Gasteiger partial charge in [-0.15, -0.1) is 0 Å². The van der Waals surface area contributed by atoms with E-state index in [1.165, 1.54) is 0 Å². The molecule has 1 saturated heterocycles. The van der Waals surface area contributed by atoms with Crippen molar-refractivity contribution >= 4 is 11.7 Å². The number of hydrogen-bond acceptors (Lipinski definition) is 4. The number of amidine groups is 1. The molecular formula is C14H27N3O3. The summed E-state index contributed by atoms with van der Waals surface area (Å²) < 4.78 is 0. The molecule has 1 fully saturated rings. The first-order chi connectivity index (χ1) is 9.33. The molecule has 6 nitrogen and oxygen atoms in total. The van der Waals surface area contributed by atoms with Gasteiger partial charge in [0, 0.05) is 13.1 Å². The van der Waals surface area contributed by atoms with Crippen molar-refractivity contribution < 1.29 is 15.1 Å². The molecule has 0 radical (unpaired) electrons. The highest BCUT2D eigenvalue weighted by molar-refractivity contribution is 6.06. The van der Waals surface area contributed by atoms with Gasteiger partial charge in [0.25, 0.3) is 0 Å². The van der Waals surface area contributed by atoms with E-state index in [-0.39, 0.29) is 11.7 Å². The molecule has 1 unspecified atom stereocenters. The van der Waals surface area contributed by atoms with Gasteiger partial charge in [-0.2, -0.15) is 0 Å². The van der Waals surface area contributed by atoms with Crippen molar-refractivity contribution in [1.82, 2.24) is 4.90 Å². The van der Waals surface area contributed by atoms with Gasteiger partial charge < -0.3 is 20.9 Å². The van der Waals surface area contributed by atoms with Gasteiger partial charge in [-0.25, -0.2) is 0 Å². The summed E-state index contributed by atoms with van der Waals surface area (Å²) in [6.45, 7) is 6.65. The maximum atomic E-state index is 12.8. The van der Waals surface area contributed by atoms with Crippen LogP contribution < -0.4 is 5.73 Å². The van der Waals surface area contributed by atoms with Crippen LogP contribution in [0.2, 0.25) is 0 Å². The SMILES string of the molecule is CCC(CC)(C(=O)N1CCCC(C)(O)CC1)C(N)=NO. The number of oxime groups is 1. The van der Waals surface area contributed by atoms with Crippen molar-refractivity contribution in [3.8, 4) is 0 Å². The molecule has 1 amide bonds. The van der Waals surface area contributed by atoms with Crippen LogP contribution in [0.1, 0.15) is 52.9 Å². The van der Waals surface area contributed by atoms with E-state index in [0.29, 0.717) is 38.8 Å². The second-order valence-electron chi connectivity index (χ2n) is 5.92. The molecule has 1 heterocycles. The molecule has 116 valence electrons. The third-order valence-corrected chi connectivity index (χ3v) is 4.57. The topological polar surface area (TPSA) is 99.2 Å². The van der Waals surface area contributed by atoms with Crippen molar-refractivity contribution in [3.05, 3.63) is 0 Å². The Kier molecular flexibility index (Phi) is 5.39. The molecule has 0 bridgehead atoms. The largest absolute Gasteiger partial charge is 0.409 e. The number of rotatable bonds is 4. The van der Waals surface area contributed by atoms with E-state index in [9.17, 15) is 9.90 Å². The van der Waals surface area contributed by atoms with Crippen molar-refractivity contribution in [3.63, 3.8) is 0 Å². The van der Waals surface area contributed by atoms with Gasteiger partial charge >= 0.3 is 0 Å². The molecule has 0 aromatic carbocycles. The Balaban J connectivity index is 2.96. The third kappa shape index (κ3) is 3.23. The first-order valence-corrected chi connectivity index (χ1v) is 7.32. The fraction of sp³-hybridized carbons (Fsp3) is 0.857. The second kappa shape index (κ2) is 6.43. The van der Waals surface area contributed by atoms with Crippen LogP contribution in [0.25, 0.3) is 0 Å². The zero-order valence-corrected chi connectivity index (χ0v) is 12.7. The molecule has 1 aliphatic heterocycles. The molecule has 0 aromatic heterocycles. The van der Waals surface area contributed by atoms with Crippen LogP contribution >= 0.6 is 0 Å². The van der Waals surface area contributed by atoms with Gasteiger partial charge in [0.05, 0.1) is 5.60 Å². The Morgan fingerprint density at radius 2 is 1.95 bits per heavy atom. The predicted molar refractivity (Wildman–Crippen MR) is 77.5 cm³/mol. The third-order valence-electron chi connectivity index (χ3n) is 4.57. The molecular weight excluding hydrogens is 258 g/mol. The van der Waals surface area contributed by atoms with Crippen molar-refractivity contribution in [2.75, 3.05) is 13.1 Å². The fourth-order valence-electron chi connectivity index (χ4n) is 2.89. The second-order valence-corrected chi connectivity index (χ2v) is 5.92. The first-order valence-electron chi connectivity index (χ1n) is 7.32. The number of likely N-dealkylation sites (tertiary alicyclic amines) is 1. The number of amides is 1. The van der Waals surface area contributed by atoms with Crippen LogP contribution in [0, 0.1) is 5.41 Å². The van der Waals surface area contributed by atoms with Crippen LogP contribution in [0.3, 0.4) is 0 Å². The highest BCUT2D eigenvalue weighted by Crippen LogP contribution is 2.31. The van der Waals surface area contributed by atoms with Gasteiger partial charge in [-0.3, -0.25) is 4.79 Å². The summed E-state index contributed by atoms with van der Waals surface area (Å²) in [6.07, 6.45) is 2.98. The monoisotopic (exact) mass is 285 g/mol. The predicted octanol–water partition coefficient (Wildman–Crippen LogP) is 1.30. The van der Waals surface area contributed by atoms with Crippen LogP contribution in [0.15, 0.2) is 5.16 Å². The molecule has 0 spiro atoms. The lowest BCUT2D eigenvalue weighted by molar-refractivity contribution is -0.139. The van der Waals surface area contributed by atoms with Crippen LogP contribution in [0.4, 0.5) is 0 Å². The Hall–Kier alpha value is -1.30. The summed E-state index contributed by atoms with van der Waals surface area (Å²) >= 11 is 0. The molecule has 6 heteroatoms. The number of aliphatic hydroxyl groups is 1. The van der Waals surface area contributed by atoms with E-state index in [1.54, 1.807) is 11.8 Å². The normalized spacial score (nSPS) is 25.4. The smallest absolute Gasteiger partial charge is 0.236 e. The summed E-state index contributed by atoms with van der Waals surface area (Å²) in [6, 6.07) is 0. The molecule has 0 aromatic rings. The molecule has 1 atom stereocenters. The highest BCUT2D eigenvalue weighted by atomic mass is 16.4. The van der Waals surface area contributed by atoms with E-state index < -0.39 is 11.0 Å². The molecule has 4 N–H and O–H groups in total. The molecule has 20 heavy (non-hydrogen) atoms. The average molecular weight is 285 g/mol. The average Bonchev–Trinajstić information content (AvgIpc) is 2.61. The molecule has 1 aliphatic rings. The van der Waals surface area contributed by atoms with Crippen molar-refractivity contribution in [1.29, 1.82) is 0 Å². The summed E-state index contributed by atoms with van der Waals surface area (Å²) in [7, 11) is 0. The standard InChI is InChI=1S/C14H27N3O3/c1-4-14(5-2,11(15)16-20)12(18)17-9-6-7-13(3,19)8-10-17/h19-20H,4-10H2,1-3H3,(H2,15,16). The molecule has 1 rings (SSSR count). The lowest BCUT2D eigenvalue weighted by Gasteiger charge is -2.34. The summed E-state index contributed by atoms with van der Waals surface area (Å²) in [5.74, 6) is -0.126. The van der Waals surface area contributed by atoms with Gasteiger partial charge in [-0.1, -0.05) is 19.0 Å². The summed E-state index contributed by atoms with van der Waals surface area (Å²) in [5, 5.41) is 22.1. The zero-order chi connectivity index (χ0) is 15.4. The van der Waals surface area contributed by atoms with Crippen LogP contribution in [-0.2, 0) is 4.79 Å². The molecule has 0 aliphatic carbocycles. The summed E-state index contributed by atoms with van der Waals surface area (Å²) in [4.78, 5) is 14.6. The molecule has 0 saturated carbocycles. The highest BCUT2D eigenvalue weighted by Gasteiger charge is 2.43. The van der Waals surface area contributed by atoms with Gasteiger partial charge in [-0.05, 0) is 39.0 Å². The Labute approximate surface area is 120 Å². The fourth-order valence-corrected chi connectivity index (χ4v) is 2.89. The summed E-state index contributed by atoms with van der Waals surface area (Å²) in [5.41, 5.74) is 4.12. The number of nitrogens with two attached hydrogens (primary N) is 1. The Morgan fingerprint density at radius 1 is 1.35 bits per heavy atom. The minimum Gasteiger partial charge on any atom is -0.409 e. The van der Waals surface area contributed by atoms with Crippen molar-refractivity contribution in [2.45, 2.75) is 58.5 Å². The first kappa shape index (κ1) is 16.8. The zero-order valence-electron chi connectivity index (χ0n) is 12.7.